The quantitative estimate of drug-likeness (QED) is 0.557. The summed E-state index contributed by atoms with van der Waals surface area (Å²) in [7, 11) is 0. The van der Waals surface area contributed by atoms with Crippen LogP contribution in [-0.4, -0.2) is 21.1 Å². The molecule has 3 rings (SSSR count). The van der Waals surface area contributed by atoms with Crippen LogP contribution in [0.3, 0.4) is 0 Å². The number of rotatable bonds is 3. The van der Waals surface area contributed by atoms with Gasteiger partial charge in [-0.15, -0.1) is 0 Å². The highest BCUT2D eigenvalue weighted by atomic mass is 35.5. The average molecular weight is 347 g/mol. The molecule has 7 heteroatoms. The topological polar surface area (TPSA) is 46.0 Å². The fraction of sp³-hybridized carbons (Fsp3) is 0.0625. The van der Waals surface area contributed by atoms with Crippen LogP contribution in [0.4, 0.5) is 4.39 Å². The number of aryl methyl sites for hydroxylation is 1. The molecule has 1 N–H and O–H groups in total. The Labute approximate surface area is 142 Å². The highest BCUT2D eigenvalue weighted by molar-refractivity contribution is 7.71. The average Bonchev–Trinajstić information content (AvgIpc) is 2.88. The van der Waals surface area contributed by atoms with Crippen LogP contribution in [-0.2, 0) is 0 Å². The number of aromatic nitrogens is 3. The minimum Gasteiger partial charge on any atom is -0.250 e. The molecule has 0 fully saturated rings. The van der Waals surface area contributed by atoms with E-state index in [2.05, 4.69) is 15.3 Å². The second kappa shape index (κ2) is 6.44. The summed E-state index contributed by atoms with van der Waals surface area (Å²) in [5, 5.41) is 11.4. The lowest BCUT2D eigenvalue weighted by Crippen LogP contribution is -1.97. The van der Waals surface area contributed by atoms with Crippen molar-refractivity contribution >= 4 is 30.0 Å². The number of hydrogen-bond donors (Lipinski definition) is 1. The van der Waals surface area contributed by atoms with E-state index in [1.54, 1.807) is 6.07 Å². The third-order valence-corrected chi connectivity index (χ3v) is 3.82. The van der Waals surface area contributed by atoms with Crippen LogP contribution in [0.5, 0.6) is 0 Å². The minimum atomic E-state index is -0.451. The van der Waals surface area contributed by atoms with Crippen molar-refractivity contribution in [3.63, 3.8) is 0 Å². The highest BCUT2D eigenvalue weighted by Crippen LogP contribution is 2.20. The van der Waals surface area contributed by atoms with E-state index in [4.69, 9.17) is 23.8 Å². The summed E-state index contributed by atoms with van der Waals surface area (Å²) in [6.45, 7) is 1.98. The van der Waals surface area contributed by atoms with E-state index in [9.17, 15) is 4.39 Å². The number of nitrogens with one attached hydrogen (secondary N) is 1. The van der Waals surface area contributed by atoms with Crippen LogP contribution in [0, 0.1) is 17.5 Å². The third-order valence-electron chi connectivity index (χ3n) is 3.23. The molecule has 2 aromatic carbocycles. The second-order valence-electron chi connectivity index (χ2n) is 4.91. The van der Waals surface area contributed by atoms with Crippen molar-refractivity contribution in [2.45, 2.75) is 6.92 Å². The summed E-state index contributed by atoms with van der Waals surface area (Å²) in [5.74, 6) is 0.0933. The van der Waals surface area contributed by atoms with Gasteiger partial charge in [0.1, 0.15) is 5.82 Å². The van der Waals surface area contributed by atoms with E-state index < -0.39 is 5.82 Å². The van der Waals surface area contributed by atoms with Gasteiger partial charge in [0.15, 0.2) is 5.82 Å². The molecule has 116 valence electrons. The lowest BCUT2D eigenvalue weighted by Gasteiger charge is -2.03. The lowest BCUT2D eigenvalue weighted by molar-refractivity contribution is 0.625. The van der Waals surface area contributed by atoms with Gasteiger partial charge in [-0.2, -0.15) is 14.9 Å². The van der Waals surface area contributed by atoms with Crippen molar-refractivity contribution in [1.29, 1.82) is 0 Å². The summed E-state index contributed by atoms with van der Waals surface area (Å²) >= 11 is 11.2. The molecule has 0 bridgehead atoms. The maximum absolute atomic E-state index is 13.8. The molecule has 0 amide bonds. The molecule has 1 aromatic heterocycles. The van der Waals surface area contributed by atoms with E-state index in [0.717, 1.165) is 11.1 Å². The first-order chi connectivity index (χ1) is 11.1. The summed E-state index contributed by atoms with van der Waals surface area (Å²) < 4.78 is 15.6. The van der Waals surface area contributed by atoms with E-state index in [0.29, 0.717) is 10.6 Å². The van der Waals surface area contributed by atoms with Gasteiger partial charge >= 0.3 is 0 Å². The summed E-state index contributed by atoms with van der Waals surface area (Å²) in [6, 6.07) is 12.2. The Morgan fingerprint density at radius 2 is 2.09 bits per heavy atom. The summed E-state index contributed by atoms with van der Waals surface area (Å²) in [5.41, 5.74) is 2.14. The minimum absolute atomic E-state index is 0.201. The van der Waals surface area contributed by atoms with Crippen LogP contribution in [0.2, 0.25) is 5.02 Å². The van der Waals surface area contributed by atoms with Crippen LogP contribution >= 0.6 is 23.8 Å². The van der Waals surface area contributed by atoms with Gasteiger partial charge in [0.25, 0.3) is 0 Å². The SMILES string of the molecule is Cc1cccc(-c2n[nH]c(=S)n2N=Cc2c(F)cccc2Cl)c1. The predicted octanol–water partition coefficient (Wildman–Crippen LogP) is 4.59. The molecule has 0 unspecified atom stereocenters. The van der Waals surface area contributed by atoms with Gasteiger partial charge in [-0.3, -0.25) is 0 Å². The Balaban J connectivity index is 2.06. The van der Waals surface area contributed by atoms with Crippen molar-refractivity contribution in [3.05, 3.63) is 69.2 Å². The first-order valence-electron chi connectivity index (χ1n) is 6.79. The normalized spacial score (nSPS) is 11.3. The fourth-order valence-corrected chi connectivity index (χ4v) is 2.51. The predicted molar refractivity (Wildman–Crippen MR) is 92.0 cm³/mol. The molecular weight excluding hydrogens is 335 g/mol. The van der Waals surface area contributed by atoms with E-state index in [-0.39, 0.29) is 10.6 Å². The van der Waals surface area contributed by atoms with Gasteiger partial charge in [-0.25, -0.2) is 9.49 Å². The molecule has 4 nitrogen and oxygen atoms in total. The smallest absolute Gasteiger partial charge is 0.216 e. The number of benzene rings is 2. The van der Waals surface area contributed by atoms with Crippen molar-refractivity contribution in [3.8, 4) is 11.4 Å². The molecule has 0 atom stereocenters. The third kappa shape index (κ3) is 3.23. The Kier molecular flexibility index (Phi) is 4.36. The van der Waals surface area contributed by atoms with Gasteiger partial charge in [-0.05, 0) is 37.3 Å². The van der Waals surface area contributed by atoms with Gasteiger partial charge in [-0.1, -0.05) is 41.4 Å². The molecule has 1 heterocycles. The van der Waals surface area contributed by atoms with Gasteiger partial charge < -0.3 is 0 Å². The lowest BCUT2D eigenvalue weighted by atomic mass is 10.1. The van der Waals surface area contributed by atoms with Crippen molar-refractivity contribution in [2.24, 2.45) is 5.10 Å². The first kappa shape index (κ1) is 15.6. The molecule has 0 aliphatic heterocycles. The van der Waals surface area contributed by atoms with E-state index in [1.165, 1.54) is 23.0 Å². The zero-order chi connectivity index (χ0) is 16.4. The number of H-pyrrole nitrogens is 1. The zero-order valence-electron chi connectivity index (χ0n) is 12.1. The number of aromatic amines is 1. The zero-order valence-corrected chi connectivity index (χ0v) is 13.7. The Morgan fingerprint density at radius 3 is 2.83 bits per heavy atom. The summed E-state index contributed by atoms with van der Waals surface area (Å²) in [4.78, 5) is 0. The van der Waals surface area contributed by atoms with E-state index in [1.807, 2.05) is 31.2 Å². The molecule has 0 radical (unpaired) electrons. The molecule has 0 saturated heterocycles. The number of nitrogens with zero attached hydrogens (tertiary/aromatic N) is 3. The Bertz CT molecular complexity index is 925. The Morgan fingerprint density at radius 1 is 1.30 bits per heavy atom. The van der Waals surface area contributed by atoms with Gasteiger partial charge in [0.05, 0.1) is 11.2 Å². The van der Waals surface area contributed by atoms with Crippen molar-refractivity contribution in [1.82, 2.24) is 14.9 Å². The van der Waals surface area contributed by atoms with E-state index >= 15 is 0 Å². The maximum atomic E-state index is 13.8. The molecule has 0 spiro atoms. The maximum Gasteiger partial charge on any atom is 0.216 e. The summed E-state index contributed by atoms with van der Waals surface area (Å²) in [6.07, 6.45) is 1.34. The van der Waals surface area contributed by atoms with Gasteiger partial charge in [0.2, 0.25) is 4.77 Å². The number of hydrogen-bond acceptors (Lipinski definition) is 3. The van der Waals surface area contributed by atoms with Crippen LogP contribution in [0.15, 0.2) is 47.6 Å². The molecule has 3 aromatic rings. The van der Waals surface area contributed by atoms with Crippen LogP contribution < -0.4 is 0 Å². The monoisotopic (exact) mass is 346 g/mol. The standard InChI is InChI=1S/C16H12ClFN4S/c1-10-4-2-5-11(8-10)15-20-21-16(23)22(15)19-9-12-13(17)6-3-7-14(12)18/h2-9H,1H3,(H,21,23). The van der Waals surface area contributed by atoms with Crippen molar-refractivity contribution < 1.29 is 4.39 Å². The van der Waals surface area contributed by atoms with Crippen LogP contribution in [0.1, 0.15) is 11.1 Å². The first-order valence-corrected chi connectivity index (χ1v) is 7.57. The van der Waals surface area contributed by atoms with Crippen molar-refractivity contribution in [2.75, 3.05) is 0 Å². The molecule has 0 aliphatic rings. The highest BCUT2D eigenvalue weighted by Gasteiger charge is 2.09. The fourth-order valence-electron chi connectivity index (χ4n) is 2.12. The molecule has 23 heavy (non-hydrogen) atoms. The largest absolute Gasteiger partial charge is 0.250 e. The molecule has 0 aliphatic carbocycles. The molecule has 0 saturated carbocycles. The Hall–Kier alpha value is -2.31. The van der Waals surface area contributed by atoms with Crippen LogP contribution in [0.25, 0.3) is 11.4 Å². The van der Waals surface area contributed by atoms with Gasteiger partial charge in [0, 0.05) is 11.1 Å². The molecular formula is C16H12ClFN4S. The number of halogens is 2. The second-order valence-corrected chi connectivity index (χ2v) is 5.71.